The molecule has 4 aliphatic rings. The first kappa shape index (κ1) is 35.0. The van der Waals surface area contributed by atoms with Crippen LogP contribution in [0.15, 0.2) is 59.0 Å². The maximum Gasteiger partial charge on any atom is 0.397 e. The van der Waals surface area contributed by atoms with E-state index in [1.54, 1.807) is 0 Å². The number of ether oxygens (including phenoxy) is 1. The molecule has 248 valence electrons. The van der Waals surface area contributed by atoms with Gasteiger partial charge in [0.05, 0.1) is 17.4 Å². The third-order valence-corrected chi connectivity index (χ3v) is 9.23. The van der Waals surface area contributed by atoms with E-state index in [1.807, 2.05) is 0 Å². The van der Waals surface area contributed by atoms with Crippen LogP contribution in [0.1, 0.15) is 58.3 Å². The van der Waals surface area contributed by atoms with Crippen LogP contribution in [0.5, 0.6) is 0 Å². The lowest BCUT2D eigenvalue weighted by atomic mass is 9.77. The summed E-state index contributed by atoms with van der Waals surface area (Å²) < 4.78 is 161. The minimum Gasteiger partial charge on any atom is -0.316 e. The molecule has 0 aromatic carbocycles. The normalized spacial score (nSPS) is 37.1. The van der Waals surface area contributed by atoms with Crippen LogP contribution >= 0.6 is 11.6 Å². The van der Waals surface area contributed by atoms with Crippen LogP contribution in [-0.4, -0.2) is 42.3 Å². The molecule has 13 heteroatoms. The van der Waals surface area contributed by atoms with Gasteiger partial charge in [-0.2, -0.15) is 22.0 Å². The van der Waals surface area contributed by atoms with Crippen molar-refractivity contribution >= 4 is 11.6 Å². The van der Waals surface area contributed by atoms with Gasteiger partial charge in [-0.15, -0.1) is 11.6 Å². The summed E-state index contributed by atoms with van der Waals surface area (Å²) in [5, 5.41) is -1.24. The topological polar surface area (TPSA) is 9.23 Å². The summed E-state index contributed by atoms with van der Waals surface area (Å²) in [4.78, 5) is 0. The Morgan fingerprint density at radius 1 is 0.818 bits per heavy atom. The molecule has 1 fully saturated rings. The van der Waals surface area contributed by atoms with Crippen molar-refractivity contribution < 1.29 is 53.0 Å². The van der Waals surface area contributed by atoms with Crippen LogP contribution in [0.3, 0.4) is 0 Å². The summed E-state index contributed by atoms with van der Waals surface area (Å²) in [7, 11) is 0. The van der Waals surface area contributed by atoms with Gasteiger partial charge in [-0.1, -0.05) is 32.3 Å². The molecule has 6 unspecified atom stereocenters. The molecular weight excluding hydrogens is 633 g/mol. The van der Waals surface area contributed by atoms with Crippen LogP contribution in [-0.2, 0) is 4.74 Å². The molecule has 1 saturated carbocycles. The van der Waals surface area contributed by atoms with Gasteiger partial charge in [-0.25, -0.2) is 26.3 Å². The van der Waals surface area contributed by atoms with Gasteiger partial charge >= 0.3 is 12.3 Å². The molecule has 4 aliphatic carbocycles. The third kappa shape index (κ3) is 7.76. The van der Waals surface area contributed by atoms with Gasteiger partial charge in [0.15, 0.2) is 0 Å². The molecule has 0 amide bonds. The molecule has 1 nitrogen and oxygen atoms in total. The van der Waals surface area contributed by atoms with E-state index < -0.39 is 102 Å². The summed E-state index contributed by atoms with van der Waals surface area (Å²) in [6, 6.07) is 0. The number of alkyl halides is 9. The summed E-state index contributed by atoms with van der Waals surface area (Å²) in [5.41, 5.74) is -0.146. The number of unbranched alkanes of at least 4 members (excludes halogenated alkanes) is 2. The SMILES string of the molecule is CCCCCC1C=C(F)[C@@H](C2=CC(Cl)C(C3=CC(F)[C@H](C(F)(F)O[C@H]4CC(F)C(C(F)(F)F)[C@@H](F)C4)C(F)=C3)C(F)=C2)CC1. The Hall–Kier alpha value is -1.82. The molecule has 4 rings (SSSR count). The van der Waals surface area contributed by atoms with E-state index in [9.17, 15) is 35.1 Å². The van der Waals surface area contributed by atoms with E-state index in [-0.39, 0.29) is 11.5 Å². The monoisotopic (exact) mass is 666 g/mol. The highest BCUT2D eigenvalue weighted by molar-refractivity contribution is 6.22. The first-order valence-electron chi connectivity index (χ1n) is 14.8. The Bertz CT molecular complexity index is 1180. The average Bonchev–Trinajstić information content (AvgIpc) is 2.86. The van der Waals surface area contributed by atoms with Crippen LogP contribution < -0.4 is 0 Å². The van der Waals surface area contributed by atoms with E-state index in [0.29, 0.717) is 25.0 Å². The first-order chi connectivity index (χ1) is 20.5. The van der Waals surface area contributed by atoms with Crippen molar-refractivity contribution in [3.05, 3.63) is 59.0 Å². The van der Waals surface area contributed by atoms with Gasteiger partial charge in [0.2, 0.25) is 0 Å². The third-order valence-electron chi connectivity index (χ3n) is 8.86. The number of halogens is 12. The minimum absolute atomic E-state index is 0.0686. The Labute approximate surface area is 253 Å². The van der Waals surface area contributed by atoms with E-state index in [0.717, 1.165) is 31.8 Å². The second-order valence-corrected chi connectivity index (χ2v) is 12.5. The van der Waals surface area contributed by atoms with Crippen molar-refractivity contribution in [2.45, 2.75) is 101 Å². The smallest absolute Gasteiger partial charge is 0.316 e. The summed E-state index contributed by atoms with van der Waals surface area (Å²) in [6.45, 7) is 2.06. The van der Waals surface area contributed by atoms with E-state index in [2.05, 4.69) is 11.7 Å². The maximum absolute atomic E-state index is 15.3. The lowest BCUT2D eigenvalue weighted by Gasteiger charge is -2.38. The molecule has 0 radical (unpaired) electrons. The van der Waals surface area contributed by atoms with Gasteiger partial charge in [0.1, 0.15) is 47.8 Å². The standard InChI is InChI=1S/C31H34ClF11O/c1-2-3-4-5-15-6-7-19(21(33)8-15)16-9-20(32)27(22(34)10-16)17-11-23(35)29(24(36)12-17)31(42,43)44-18-13-25(37)28(26(38)14-18)30(39,40)41/h8-12,15,18-20,23,25-29H,2-7,13-14H2,1H3/t15?,18-,19-,20?,23?,25+,26?,27?,28?,29+/m1/s1. The molecule has 0 spiro atoms. The predicted molar refractivity (Wildman–Crippen MR) is 144 cm³/mol. The quantitative estimate of drug-likeness (QED) is 0.135. The number of rotatable bonds is 9. The summed E-state index contributed by atoms with van der Waals surface area (Å²) in [5.74, 6) is -11.3. The Balaban J connectivity index is 1.44. The predicted octanol–water partition coefficient (Wildman–Crippen LogP) is 10.8. The molecular formula is C31H34ClF11O. The fourth-order valence-corrected chi connectivity index (χ4v) is 7.04. The summed E-state index contributed by atoms with van der Waals surface area (Å²) in [6.07, 6.45) is -13.3. The van der Waals surface area contributed by atoms with Crippen molar-refractivity contribution in [2.24, 2.45) is 29.6 Å². The van der Waals surface area contributed by atoms with Crippen molar-refractivity contribution in [1.29, 1.82) is 0 Å². The van der Waals surface area contributed by atoms with Crippen molar-refractivity contribution in [1.82, 2.24) is 0 Å². The lowest BCUT2D eigenvalue weighted by molar-refractivity contribution is -0.309. The summed E-state index contributed by atoms with van der Waals surface area (Å²) >= 11 is 6.37. The van der Waals surface area contributed by atoms with Crippen LogP contribution in [0.4, 0.5) is 48.3 Å². The Morgan fingerprint density at radius 3 is 2.00 bits per heavy atom. The highest BCUT2D eigenvalue weighted by Gasteiger charge is 2.57. The van der Waals surface area contributed by atoms with Crippen molar-refractivity contribution in [2.75, 3.05) is 0 Å². The van der Waals surface area contributed by atoms with Gasteiger partial charge in [0, 0.05) is 18.8 Å². The fourth-order valence-electron chi connectivity index (χ4n) is 6.63. The molecule has 0 bridgehead atoms. The van der Waals surface area contributed by atoms with E-state index >= 15 is 13.2 Å². The zero-order chi connectivity index (χ0) is 32.6. The minimum atomic E-state index is -5.26. The zero-order valence-electron chi connectivity index (χ0n) is 23.8. The highest BCUT2D eigenvalue weighted by Crippen LogP contribution is 2.48. The van der Waals surface area contributed by atoms with Crippen LogP contribution in [0.25, 0.3) is 0 Å². The van der Waals surface area contributed by atoms with Gasteiger partial charge in [-0.3, -0.25) is 0 Å². The largest absolute Gasteiger partial charge is 0.397 e. The second-order valence-electron chi connectivity index (χ2n) is 12.0. The molecule has 0 heterocycles. The number of hydrogen-bond donors (Lipinski definition) is 0. The first-order valence-corrected chi connectivity index (χ1v) is 15.2. The molecule has 0 aromatic heterocycles. The average molecular weight is 667 g/mol. The Morgan fingerprint density at radius 2 is 1.45 bits per heavy atom. The maximum atomic E-state index is 15.3. The molecule has 0 N–H and O–H groups in total. The van der Waals surface area contributed by atoms with E-state index in [4.69, 9.17) is 11.6 Å². The van der Waals surface area contributed by atoms with Gasteiger partial charge in [-0.05, 0) is 60.6 Å². The number of hydrogen-bond acceptors (Lipinski definition) is 1. The van der Waals surface area contributed by atoms with Crippen molar-refractivity contribution in [3.8, 4) is 0 Å². The Kier molecular flexibility index (Phi) is 11.1. The van der Waals surface area contributed by atoms with Crippen molar-refractivity contribution in [3.63, 3.8) is 0 Å². The zero-order valence-corrected chi connectivity index (χ0v) is 24.5. The molecule has 0 aromatic rings. The fraction of sp³-hybridized carbons (Fsp3) is 0.677. The molecule has 10 atom stereocenters. The number of allylic oxidation sites excluding steroid dienone is 9. The molecule has 0 aliphatic heterocycles. The molecule has 44 heavy (non-hydrogen) atoms. The molecule has 0 saturated heterocycles. The van der Waals surface area contributed by atoms with Crippen LogP contribution in [0, 0.1) is 29.6 Å². The van der Waals surface area contributed by atoms with E-state index in [1.165, 1.54) is 12.2 Å². The lowest BCUT2D eigenvalue weighted by Crippen LogP contribution is -2.49. The van der Waals surface area contributed by atoms with Gasteiger partial charge < -0.3 is 4.74 Å². The van der Waals surface area contributed by atoms with Gasteiger partial charge in [0.25, 0.3) is 0 Å². The highest BCUT2D eigenvalue weighted by atomic mass is 35.5. The van der Waals surface area contributed by atoms with Crippen LogP contribution in [0.2, 0.25) is 0 Å². The second kappa shape index (κ2) is 13.9.